The maximum atomic E-state index is 6.79. The maximum Gasteiger partial charge on any atom is 0.147 e. The van der Waals surface area contributed by atoms with Gasteiger partial charge in [0.25, 0.3) is 0 Å². The molecule has 29 aromatic rings. The Morgan fingerprint density at radius 1 is 0.114 bits per heavy atom. The molecular formula is C128H76O4. The van der Waals surface area contributed by atoms with Crippen molar-refractivity contribution in [1.29, 1.82) is 0 Å². The first-order chi connectivity index (χ1) is 65.5. The number of rotatable bonds is 7. The third-order valence-electron chi connectivity index (χ3n) is 27.7. The minimum Gasteiger partial charge on any atom is -0.455 e. The Hall–Kier alpha value is -17.4. The first-order valence-electron chi connectivity index (χ1n) is 45.3. The molecule has 0 radical (unpaired) electrons. The van der Waals surface area contributed by atoms with Crippen molar-refractivity contribution in [3.8, 4) is 77.9 Å². The third kappa shape index (κ3) is 11.7. The smallest absolute Gasteiger partial charge is 0.147 e. The van der Waals surface area contributed by atoms with Gasteiger partial charge in [0.15, 0.2) is 0 Å². The van der Waals surface area contributed by atoms with E-state index in [2.05, 4.69) is 437 Å². The lowest BCUT2D eigenvalue weighted by Crippen LogP contribution is -1.92. The van der Waals surface area contributed by atoms with E-state index in [1.54, 1.807) is 0 Å². The number of benzene rings is 25. The predicted molar refractivity (Wildman–Crippen MR) is 559 cm³/mol. The Kier molecular flexibility index (Phi) is 17.1. The molecule has 0 saturated carbocycles. The molecule has 0 saturated heterocycles. The molecule has 4 nitrogen and oxygen atoms in total. The first kappa shape index (κ1) is 74.8. The van der Waals surface area contributed by atoms with Crippen molar-refractivity contribution < 1.29 is 17.7 Å². The lowest BCUT2D eigenvalue weighted by molar-refractivity contribution is 0.663. The average Bonchev–Trinajstić information content (AvgIpc) is 1.37. The van der Waals surface area contributed by atoms with E-state index in [0.29, 0.717) is 0 Å². The first-order valence-corrected chi connectivity index (χ1v) is 45.3. The molecule has 25 aromatic carbocycles. The highest BCUT2D eigenvalue weighted by atomic mass is 16.3. The molecule has 132 heavy (non-hydrogen) atoms. The van der Waals surface area contributed by atoms with E-state index in [4.69, 9.17) is 17.7 Å². The van der Waals surface area contributed by atoms with Crippen molar-refractivity contribution in [2.45, 2.75) is 0 Å². The minimum atomic E-state index is 0.846. The summed E-state index contributed by atoms with van der Waals surface area (Å²) in [6.45, 7) is 0. The number of fused-ring (bicyclic) bond motifs is 26. The highest BCUT2D eigenvalue weighted by molar-refractivity contribution is 6.33. The van der Waals surface area contributed by atoms with Crippen LogP contribution in [0.2, 0.25) is 0 Å². The second-order valence-electron chi connectivity index (χ2n) is 34.8. The van der Waals surface area contributed by atoms with E-state index in [1.165, 1.54) is 180 Å². The van der Waals surface area contributed by atoms with Crippen molar-refractivity contribution in [1.82, 2.24) is 0 Å². The summed E-state index contributed by atoms with van der Waals surface area (Å²) in [6.07, 6.45) is 0. The van der Waals surface area contributed by atoms with E-state index in [-0.39, 0.29) is 0 Å². The number of para-hydroxylation sites is 4. The zero-order valence-electron chi connectivity index (χ0n) is 71.5. The van der Waals surface area contributed by atoms with Crippen LogP contribution in [0.1, 0.15) is 0 Å². The fourth-order valence-electron chi connectivity index (χ4n) is 22.0. The van der Waals surface area contributed by atoms with Gasteiger partial charge < -0.3 is 17.7 Å². The van der Waals surface area contributed by atoms with E-state index < -0.39 is 0 Å². The van der Waals surface area contributed by atoms with Crippen molar-refractivity contribution in [3.63, 3.8) is 0 Å². The molecule has 0 amide bonds. The molecule has 0 aliphatic carbocycles. The Balaban J connectivity index is 0.000000102. The highest BCUT2D eigenvalue weighted by Gasteiger charge is 2.28. The maximum absolute atomic E-state index is 6.79. The monoisotopic (exact) mass is 1680 g/mol. The van der Waals surface area contributed by atoms with Crippen molar-refractivity contribution in [3.05, 3.63) is 461 Å². The average molecular weight is 1680 g/mol. The van der Waals surface area contributed by atoms with Crippen molar-refractivity contribution in [2.24, 2.45) is 0 Å². The number of hydrogen-bond acceptors (Lipinski definition) is 4. The highest BCUT2D eigenvalue weighted by Crippen LogP contribution is 2.55. The Labute approximate surface area is 757 Å². The van der Waals surface area contributed by atoms with Crippen LogP contribution in [0, 0.1) is 0 Å². The van der Waals surface area contributed by atoms with Crippen LogP contribution < -0.4 is 0 Å². The quantitative estimate of drug-likeness (QED) is 0.149. The van der Waals surface area contributed by atoms with Gasteiger partial charge in [0.1, 0.15) is 44.7 Å². The fraction of sp³-hybridized carbons (Fsp3) is 0. The van der Waals surface area contributed by atoms with Crippen LogP contribution in [0.3, 0.4) is 0 Å². The lowest BCUT2D eigenvalue weighted by Gasteiger charge is -2.20. The molecule has 4 heteroatoms. The van der Waals surface area contributed by atoms with Gasteiger partial charge in [-0.05, 0) is 229 Å². The number of hydrogen-bond donors (Lipinski definition) is 0. The molecule has 29 rings (SSSR count). The van der Waals surface area contributed by atoms with Crippen LogP contribution in [0.15, 0.2) is 479 Å². The molecule has 0 aliphatic rings. The molecule has 0 bridgehead atoms. The molecule has 4 aromatic heterocycles. The number of furan rings is 4. The summed E-state index contributed by atoms with van der Waals surface area (Å²) >= 11 is 0. The van der Waals surface area contributed by atoms with Crippen LogP contribution in [0.25, 0.3) is 284 Å². The normalized spacial score (nSPS) is 11.9. The summed E-state index contributed by atoms with van der Waals surface area (Å²) < 4.78 is 26.3. The molecule has 0 N–H and O–H groups in total. The summed E-state index contributed by atoms with van der Waals surface area (Å²) in [4.78, 5) is 0. The molecule has 612 valence electrons. The summed E-state index contributed by atoms with van der Waals surface area (Å²) in [7, 11) is 0. The van der Waals surface area contributed by atoms with Gasteiger partial charge >= 0.3 is 0 Å². The molecule has 0 aliphatic heterocycles. The van der Waals surface area contributed by atoms with Crippen LogP contribution >= 0.6 is 0 Å². The molecule has 4 heterocycles. The molecule has 0 unspecified atom stereocenters. The van der Waals surface area contributed by atoms with E-state index >= 15 is 0 Å². The van der Waals surface area contributed by atoms with E-state index in [1.807, 2.05) is 24.3 Å². The van der Waals surface area contributed by atoms with Crippen LogP contribution in [0.5, 0.6) is 0 Å². The molecule has 0 spiro atoms. The second-order valence-corrected chi connectivity index (χ2v) is 34.8. The van der Waals surface area contributed by atoms with Crippen LogP contribution in [0.4, 0.5) is 0 Å². The molecule has 0 fully saturated rings. The summed E-state index contributed by atoms with van der Waals surface area (Å²) in [6, 6.07) is 166. The van der Waals surface area contributed by atoms with Gasteiger partial charge in [-0.2, -0.15) is 0 Å². The largest absolute Gasteiger partial charge is 0.455 e. The third-order valence-corrected chi connectivity index (χ3v) is 27.7. The van der Waals surface area contributed by atoms with Crippen molar-refractivity contribution >= 4 is 206 Å². The van der Waals surface area contributed by atoms with Crippen LogP contribution in [-0.4, -0.2) is 0 Å². The van der Waals surface area contributed by atoms with Crippen molar-refractivity contribution in [2.75, 3.05) is 0 Å². The van der Waals surface area contributed by atoms with Gasteiger partial charge in [-0.3, -0.25) is 0 Å². The second kappa shape index (κ2) is 30.1. The van der Waals surface area contributed by atoms with E-state index in [9.17, 15) is 0 Å². The van der Waals surface area contributed by atoms with Gasteiger partial charge in [0, 0.05) is 59.6 Å². The Morgan fingerprint density at radius 2 is 0.386 bits per heavy atom. The van der Waals surface area contributed by atoms with Gasteiger partial charge in [0.2, 0.25) is 0 Å². The van der Waals surface area contributed by atoms with Gasteiger partial charge in [-0.15, -0.1) is 0 Å². The summed E-state index contributed by atoms with van der Waals surface area (Å²) in [5.74, 6) is 0. The standard InChI is InChI=1S/C48H28O2.2C40H24O/c1-2-17-32-29(13-1)14-12-24-33(32)30-15-11-16-31(27-30)44-35-19-3-5-21-37(35)45(38-22-6-4-20-36(38)44)41-28-40-34-18-7-9-25-42(34)49-47(40)46-39-23-8-10-26-43(39)50-48(41)46;1-2-14-26-25(12-1)13-11-22-29(26)38-30-17-4-6-19-32(30)39(33-20-7-5-18-31(33)38)35-24-36-28-16-9-10-23-37(28)41-40(36)34-21-8-3-15-27(34)35;1-2-12-26-23-27(22-21-25(26)11-1)38-30-15-4-6-17-32(30)39(33-18-7-5-16-31(33)38)35-24-36-29-14-9-10-20-37(29)41-40(36)34-19-8-3-13-28(34)35/h1-28H;2*1-24H. The summed E-state index contributed by atoms with van der Waals surface area (Å²) in [5, 5.41) is 36.0. The van der Waals surface area contributed by atoms with Crippen LogP contribution in [-0.2, 0) is 0 Å². The zero-order valence-corrected chi connectivity index (χ0v) is 71.5. The molecule has 0 atom stereocenters. The SMILES string of the molecule is c1cc(-c2cccc3ccccc23)cc(-c2c3ccccc3c(-c3cc4c5ccccc5oc4c4c3oc3ccccc34)c3ccccc23)c1.c1ccc2c(-c3c4ccccc4c(-c4cc5c6ccccc6oc5c5ccccc45)c4ccccc34)cccc2c1.c1ccc2cc(-c3c4ccccc4c(-c4cc5c6ccccc6oc5c5ccccc45)c4ccccc34)ccc2c1. The predicted octanol–water partition coefficient (Wildman–Crippen LogP) is 37.0. The Bertz CT molecular complexity index is 9710. The van der Waals surface area contributed by atoms with Gasteiger partial charge in [0.05, 0.1) is 5.39 Å². The van der Waals surface area contributed by atoms with Gasteiger partial charge in [-0.25, -0.2) is 0 Å². The minimum absolute atomic E-state index is 0.846. The lowest BCUT2D eigenvalue weighted by atomic mass is 9.83. The molecular weight excluding hydrogens is 1600 g/mol. The zero-order chi connectivity index (χ0) is 86.6. The summed E-state index contributed by atoms with van der Waals surface area (Å²) in [5.41, 5.74) is 24.4. The Morgan fingerprint density at radius 3 is 0.833 bits per heavy atom. The van der Waals surface area contributed by atoms with Gasteiger partial charge in [-0.1, -0.05) is 406 Å². The topological polar surface area (TPSA) is 52.6 Å². The fourth-order valence-corrected chi connectivity index (χ4v) is 22.0. The van der Waals surface area contributed by atoms with E-state index in [0.717, 1.165) is 104 Å².